The van der Waals surface area contributed by atoms with Gasteiger partial charge in [-0.1, -0.05) is 34.1 Å². The first-order valence-corrected chi connectivity index (χ1v) is 5.09. The van der Waals surface area contributed by atoms with Gasteiger partial charge in [0.1, 0.15) is 0 Å². The van der Waals surface area contributed by atoms with E-state index in [0.717, 1.165) is 5.92 Å². The van der Waals surface area contributed by atoms with Crippen molar-refractivity contribution in [3.63, 3.8) is 0 Å². The van der Waals surface area contributed by atoms with E-state index >= 15 is 0 Å². The van der Waals surface area contributed by atoms with Crippen molar-refractivity contribution in [1.29, 1.82) is 0 Å². The minimum absolute atomic E-state index is 1.00. The molecule has 1 heteroatoms. The summed E-state index contributed by atoms with van der Waals surface area (Å²) in [5, 5.41) is 0. The summed E-state index contributed by atoms with van der Waals surface area (Å²) in [6.45, 7) is 12.5. The molecule has 0 aromatic rings. The Kier molecular flexibility index (Phi) is 6.63. The maximum atomic E-state index is 2.54. The second kappa shape index (κ2) is 6.66. The summed E-state index contributed by atoms with van der Waals surface area (Å²) in [6.07, 6.45) is 2.81. The van der Waals surface area contributed by atoms with Crippen LogP contribution < -0.4 is 0 Å². The number of hydrogen-bond acceptors (Lipinski definition) is 1. The van der Waals surface area contributed by atoms with Crippen molar-refractivity contribution in [2.24, 2.45) is 5.92 Å². The molecular weight excluding hydrogens is 134 g/mol. The van der Waals surface area contributed by atoms with Gasteiger partial charge >= 0.3 is 0 Å². The molecule has 1 nitrogen and oxygen atoms in total. The fraction of sp³-hybridized carbons (Fsp3) is 1.00. The van der Waals surface area contributed by atoms with Crippen LogP contribution in [0.3, 0.4) is 0 Å². The average Bonchev–Trinajstić information content (AvgIpc) is 2.55. The highest BCUT2D eigenvalue weighted by Crippen LogP contribution is 2.17. The van der Waals surface area contributed by atoms with Crippen LogP contribution >= 0.6 is 0 Å². The van der Waals surface area contributed by atoms with E-state index in [9.17, 15) is 0 Å². The van der Waals surface area contributed by atoms with Gasteiger partial charge in [0.15, 0.2) is 0 Å². The summed E-state index contributed by atoms with van der Waals surface area (Å²) in [6, 6.07) is 0. The Balaban J connectivity index is 0.000000461. The largest absolute Gasteiger partial charge is 0.303 e. The van der Waals surface area contributed by atoms with Crippen molar-refractivity contribution in [1.82, 2.24) is 4.90 Å². The smallest absolute Gasteiger partial charge is 0.000992 e. The Bertz CT molecular complexity index is 70.9. The lowest BCUT2D eigenvalue weighted by molar-refractivity contribution is 0.340. The lowest BCUT2D eigenvalue weighted by atomic mass is 10.1. The molecule has 1 unspecified atom stereocenters. The lowest BCUT2D eigenvalue weighted by Gasteiger charge is -2.11. The Morgan fingerprint density at radius 1 is 1.27 bits per heavy atom. The summed E-state index contributed by atoms with van der Waals surface area (Å²) in [4.78, 5) is 2.54. The van der Waals surface area contributed by atoms with Gasteiger partial charge < -0.3 is 4.90 Å². The van der Waals surface area contributed by atoms with Crippen LogP contribution in [0.2, 0.25) is 0 Å². The molecule has 0 N–H and O–H groups in total. The molecule has 1 aliphatic heterocycles. The molecule has 0 bridgehead atoms. The van der Waals surface area contributed by atoms with E-state index in [1.807, 2.05) is 13.8 Å². The maximum absolute atomic E-state index is 2.54. The molecule has 1 aliphatic rings. The first-order chi connectivity index (χ1) is 5.36. The highest BCUT2D eigenvalue weighted by molar-refractivity contribution is 4.72. The summed E-state index contributed by atoms with van der Waals surface area (Å²) >= 11 is 0. The van der Waals surface area contributed by atoms with Crippen molar-refractivity contribution >= 4 is 0 Å². The lowest BCUT2D eigenvalue weighted by Crippen LogP contribution is -2.19. The van der Waals surface area contributed by atoms with Crippen LogP contribution in [-0.2, 0) is 0 Å². The number of rotatable bonds is 2. The average molecular weight is 157 g/mol. The molecular formula is C10H23N. The predicted molar refractivity (Wildman–Crippen MR) is 51.9 cm³/mol. The van der Waals surface area contributed by atoms with E-state index in [2.05, 4.69) is 18.7 Å². The quantitative estimate of drug-likeness (QED) is 0.596. The fourth-order valence-corrected chi connectivity index (χ4v) is 1.53. The van der Waals surface area contributed by atoms with E-state index in [-0.39, 0.29) is 0 Å². The minimum atomic E-state index is 1.00. The van der Waals surface area contributed by atoms with Gasteiger partial charge in [0.05, 0.1) is 0 Å². The van der Waals surface area contributed by atoms with Crippen molar-refractivity contribution in [3.05, 3.63) is 0 Å². The van der Waals surface area contributed by atoms with Crippen LogP contribution in [0.5, 0.6) is 0 Å². The van der Waals surface area contributed by atoms with E-state index < -0.39 is 0 Å². The summed E-state index contributed by atoms with van der Waals surface area (Å²) in [7, 11) is 0. The first-order valence-electron chi connectivity index (χ1n) is 5.09. The topological polar surface area (TPSA) is 3.24 Å². The third kappa shape index (κ3) is 3.76. The maximum Gasteiger partial charge on any atom is 0.000992 e. The monoisotopic (exact) mass is 157 g/mol. The van der Waals surface area contributed by atoms with Crippen LogP contribution in [0, 0.1) is 5.92 Å². The van der Waals surface area contributed by atoms with E-state index in [0.29, 0.717) is 0 Å². The molecule has 0 spiro atoms. The van der Waals surface area contributed by atoms with Gasteiger partial charge in [0.2, 0.25) is 0 Å². The molecule has 0 radical (unpaired) electrons. The van der Waals surface area contributed by atoms with Crippen molar-refractivity contribution in [3.8, 4) is 0 Å². The Morgan fingerprint density at radius 2 is 1.91 bits per heavy atom. The van der Waals surface area contributed by atoms with Gasteiger partial charge in [-0.25, -0.2) is 0 Å². The highest BCUT2D eigenvalue weighted by Gasteiger charge is 2.18. The normalized spacial score (nSPS) is 24.5. The molecule has 1 atom stereocenters. The zero-order valence-electron chi connectivity index (χ0n) is 8.56. The molecule has 1 saturated heterocycles. The Labute approximate surface area is 71.8 Å². The van der Waals surface area contributed by atoms with Crippen LogP contribution in [0.25, 0.3) is 0 Å². The predicted octanol–water partition coefficient (Wildman–Crippen LogP) is 2.76. The molecule has 0 saturated carbocycles. The fourth-order valence-electron chi connectivity index (χ4n) is 1.53. The molecule has 0 aliphatic carbocycles. The summed E-state index contributed by atoms with van der Waals surface area (Å²) < 4.78 is 0. The molecule has 0 aromatic carbocycles. The summed E-state index contributed by atoms with van der Waals surface area (Å²) in [5.74, 6) is 1.00. The van der Waals surface area contributed by atoms with Crippen LogP contribution in [0.4, 0.5) is 0 Å². The third-order valence-corrected chi connectivity index (χ3v) is 2.39. The number of likely N-dealkylation sites (tertiary alicyclic amines) is 1. The molecule has 1 rings (SSSR count). The third-order valence-electron chi connectivity index (χ3n) is 2.39. The Hall–Kier alpha value is -0.0400. The zero-order valence-corrected chi connectivity index (χ0v) is 8.56. The van der Waals surface area contributed by atoms with E-state index in [1.165, 1.54) is 32.5 Å². The minimum Gasteiger partial charge on any atom is -0.303 e. The van der Waals surface area contributed by atoms with Crippen molar-refractivity contribution < 1.29 is 0 Å². The zero-order chi connectivity index (χ0) is 8.69. The SMILES string of the molecule is CC.CCC1CCN(CC)C1. The van der Waals surface area contributed by atoms with Gasteiger partial charge in [0.25, 0.3) is 0 Å². The van der Waals surface area contributed by atoms with Gasteiger partial charge in [-0.15, -0.1) is 0 Å². The van der Waals surface area contributed by atoms with Crippen LogP contribution in [-0.4, -0.2) is 24.5 Å². The number of hydrogen-bond donors (Lipinski definition) is 0. The Morgan fingerprint density at radius 3 is 2.18 bits per heavy atom. The standard InChI is InChI=1S/C8H17N.C2H6/c1-3-8-5-6-9(4-2)7-8;1-2/h8H,3-7H2,1-2H3;1-2H3. The van der Waals surface area contributed by atoms with Gasteiger partial charge in [0, 0.05) is 6.54 Å². The van der Waals surface area contributed by atoms with Gasteiger partial charge in [-0.05, 0) is 25.4 Å². The first kappa shape index (κ1) is 11.0. The molecule has 68 valence electrons. The molecule has 11 heavy (non-hydrogen) atoms. The number of nitrogens with zero attached hydrogens (tertiary/aromatic N) is 1. The molecule has 1 fully saturated rings. The molecule has 1 heterocycles. The summed E-state index contributed by atoms with van der Waals surface area (Å²) in [5.41, 5.74) is 0. The van der Waals surface area contributed by atoms with Crippen molar-refractivity contribution in [2.75, 3.05) is 19.6 Å². The van der Waals surface area contributed by atoms with Crippen molar-refractivity contribution in [2.45, 2.75) is 40.5 Å². The van der Waals surface area contributed by atoms with Gasteiger partial charge in [-0.3, -0.25) is 0 Å². The van der Waals surface area contributed by atoms with Gasteiger partial charge in [-0.2, -0.15) is 0 Å². The second-order valence-electron chi connectivity index (χ2n) is 2.96. The second-order valence-corrected chi connectivity index (χ2v) is 2.96. The highest BCUT2D eigenvalue weighted by atomic mass is 15.1. The molecule has 0 aromatic heterocycles. The van der Waals surface area contributed by atoms with Crippen LogP contribution in [0.1, 0.15) is 40.5 Å². The van der Waals surface area contributed by atoms with E-state index in [4.69, 9.17) is 0 Å². The van der Waals surface area contributed by atoms with E-state index in [1.54, 1.807) is 0 Å². The van der Waals surface area contributed by atoms with Crippen LogP contribution in [0.15, 0.2) is 0 Å². The molecule has 0 amide bonds.